The van der Waals surface area contributed by atoms with Crippen molar-refractivity contribution in [3.8, 4) is 0 Å². The summed E-state index contributed by atoms with van der Waals surface area (Å²) in [5, 5.41) is 7.78. The third kappa shape index (κ3) is 8.45. The molecule has 3 aromatic rings. The van der Waals surface area contributed by atoms with Crippen molar-refractivity contribution >= 4 is 57.7 Å². The van der Waals surface area contributed by atoms with Gasteiger partial charge in [0.05, 0.1) is 0 Å². The van der Waals surface area contributed by atoms with Crippen molar-refractivity contribution in [2.24, 2.45) is 5.16 Å². The molecular weight excluding hydrogens is 667 g/mol. The van der Waals surface area contributed by atoms with E-state index in [1.165, 1.54) is 40.3 Å². The molecule has 1 unspecified atom stereocenters. The molecule has 2 atom stereocenters. The number of β-lactam (4-membered cyclic amide) rings is 1. The van der Waals surface area contributed by atoms with Gasteiger partial charge in [-0.1, -0.05) is 78.5 Å². The number of hydrogen-bond acceptors (Lipinski definition) is 12. The third-order valence-electron chi connectivity index (χ3n) is 7.12. The first-order chi connectivity index (χ1) is 23.5. The van der Waals surface area contributed by atoms with Crippen molar-refractivity contribution in [3.63, 3.8) is 0 Å². The highest BCUT2D eigenvalue weighted by molar-refractivity contribution is 8.00. The van der Waals surface area contributed by atoms with E-state index in [1.807, 2.05) is 60.7 Å². The number of carbonyl (C=O) groups is 4. The molecule has 14 heteroatoms. The van der Waals surface area contributed by atoms with Crippen LogP contribution in [-0.4, -0.2) is 68.7 Å². The fourth-order valence-electron chi connectivity index (χ4n) is 4.97. The van der Waals surface area contributed by atoms with Crippen LogP contribution < -0.4 is 11.1 Å². The highest BCUT2D eigenvalue weighted by Crippen LogP contribution is 2.42. The first-order valence-electron chi connectivity index (χ1n) is 15.2. The zero-order valence-electron chi connectivity index (χ0n) is 27.0. The normalized spacial score (nSPS) is 17.8. The number of anilines is 1. The lowest BCUT2D eigenvalue weighted by Crippen LogP contribution is -2.71. The number of ether oxygens (including phenoxy) is 2. The summed E-state index contributed by atoms with van der Waals surface area (Å²) in [5.74, 6) is -2.14. The van der Waals surface area contributed by atoms with Crippen LogP contribution in [0.25, 0.3) is 0 Å². The molecule has 0 aliphatic carbocycles. The number of allylic oxidation sites excluding steroid dienone is 1. The zero-order valence-corrected chi connectivity index (χ0v) is 28.7. The molecule has 2 aliphatic rings. The molecule has 12 nitrogen and oxygen atoms in total. The second-order valence-corrected chi connectivity index (χ2v) is 13.8. The molecule has 1 saturated heterocycles. The topological polar surface area (TPSA) is 163 Å². The van der Waals surface area contributed by atoms with E-state index in [0.717, 1.165) is 22.5 Å². The van der Waals surface area contributed by atoms with Gasteiger partial charge in [-0.25, -0.2) is 14.6 Å². The SMILES string of the molecule is C=CC1=C(C(=O)OC(c2ccccc2)c2ccccc2)N2C(=O)C(NC(=O)/C(=N/OC/C=C/C(=O)OC(C)(C)C)c3csc(N)n3)[C@H]2SC1. The highest BCUT2D eigenvalue weighted by atomic mass is 32.2. The van der Waals surface area contributed by atoms with Crippen LogP contribution in [0.2, 0.25) is 0 Å². The van der Waals surface area contributed by atoms with Gasteiger partial charge < -0.3 is 25.4 Å². The Bertz CT molecular complexity index is 1780. The Morgan fingerprint density at radius 3 is 2.35 bits per heavy atom. The van der Waals surface area contributed by atoms with Crippen LogP contribution in [0.5, 0.6) is 0 Å². The van der Waals surface area contributed by atoms with Crippen molar-refractivity contribution in [2.75, 3.05) is 18.1 Å². The van der Waals surface area contributed by atoms with Crippen LogP contribution in [0, 0.1) is 0 Å². The maximum atomic E-state index is 13.9. The number of rotatable bonds is 12. The largest absolute Gasteiger partial charge is 0.457 e. The minimum atomic E-state index is -0.987. The van der Waals surface area contributed by atoms with Crippen molar-refractivity contribution in [3.05, 3.63) is 119 Å². The van der Waals surface area contributed by atoms with Crippen LogP contribution in [0.3, 0.4) is 0 Å². The molecule has 1 aromatic heterocycles. The van der Waals surface area contributed by atoms with E-state index in [1.54, 1.807) is 20.8 Å². The maximum Gasteiger partial charge on any atom is 0.356 e. The van der Waals surface area contributed by atoms with E-state index >= 15 is 0 Å². The summed E-state index contributed by atoms with van der Waals surface area (Å²) < 4.78 is 11.3. The number of hydrogen-bond donors (Lipinski definition) is 2. The molecule has 0 spiro atoms. The van der Waals surface area contributed by atoms with Crippen molar-refractivity contribution in [2.45, 2.75) is 43.9 Å². The Morgan fingerprint density at radius 1 is 1.12 bits per heavy atom. The van der Waals surface area contributed by atoms with Gasteiger partial charge in [-0.3, -0.25) is 14.5 Å². The number of thioether (sulfide) groups is 1. The minimum absolute atomic E-state index is 0.0763. The second kappa shape index (κ2) is 15.3. The summed E-state index contributed by atoms with van der Waals surface area (Å²) >= 11 is 2.47. The van der Waals surface area contributed by atoms with Crippen LogP contribution >= 0.6 is 23.1 Å². The zero-order chi connectivity index (χ0) is 35.1. The number of benzene rings is 2. The van der Waals surface area contributed by atoms with E-state index in [4.69, 9.17) is 20.0 Å². The van der Waals surface area contributed by atoms with E-state index < -0.39 is 46.9 Å². The van der Waals surface area contributed by atoms with Gasteiger partial charge in [0.2, 0.25) is 0 Å². The van der Waals surface area contributed by atoms with E-state index in [0.29, 0.717) is 11.3 Å². The Hall–Kier alpha value is -5.21. The molecule has 3 N–H and O–H groups in total. The number of thiazole rings is 1. The summed E-state index contributed by atoms with van der Waals surface area (Å²) in [5.41, 5.74) is 7.21. The van der Waals surface area contributed by atoms with E-state index in [2.05, 4.69) is 22.0 Å². The van der Waals surface area contributed by atoms with Crippen molar-refractivity contribution in [1.82, 2.24) is 15.2 Å². The summed E-state index contributed by atoms with van der Waals surface area (Å²) in [6.07, 6.45) is 3.39. The summed E-state index contributed by atoms with van der Waals surface area (Å²) in [7, 11) is 0. The number of amides is 2. The smallest absolute Gasteiger partial charge is 0.356 e. The number of nitrogens with one attached hydrogen (secondary N) is 1. The quantitative estimate of drug-likeness (QED) is 0.0686. The van der Waals surface area contributed by atoms with Gasteiger partial charge in [0.25, 0.3) is 11.8 Å². The number of nitrogen functional groups attached to an aromatic ring is 1. The first kappa shape index (κ1) is 35.1. The van der Waals surface area contributed by atoms with Gasteiger partial charge in [-0.15, -0.1) is 23.1 Å². The number of fused-ring (bicyclic) bond motifs is 1. The van der Waals surface area contributed by atoms with Gasteiger partial charge in [0.1, 0.15) is 35.0 Å². The molecule has 254 valence electrons. The molecule has 2 aromatic carbocycles. The van der Waals surface area contributed by atoms with Gasteiger partial charge in [-0.05, 0) is 43.5 Å². The third-order valence-corrected chi connectivity index (χ3v) is 9.10. The predicted octanol–water partition coefficient (Wildman–Crippen LogP) is 4.52. The lowest BCUT2D eigenvalue weighted by molar-refractivity contribution is -0.154. The summed E-state index contributed by atoms with van der Waals surface area (Å²) in [6, 6.07) is 17.6. The van der Waals surface area contributed by atoms with Gasteiger partial charge in [0, 0.05) is 17.2 Å². The average molecular weight is 702 g/mol. The summed E-state index contributed by atoms with van der Waals surface area (Å²) in [4.78, 5) is 63.7. The molecule has 1 fully saturated rings. The molecule has 49 heavy (non-hydrogen) atoms. The molecule has 0 saturated carbocycles. The Balaban J connectivity index is 1.31. The molecule has 0 bridgehead atoms. The predicted molar refractivity (Wildman–Crippen MR) is 187 cm³/mol. The standard InChI is InChI=1S/C35H35N5O7S2/c1-5-21-19-48-32-27(38-30(42)26(24-20-49-34(36)37-24)39-45-18-12-17-25(41)47-35(2,3)4)31(43)40(32)28(21)33(44)46-29(22-13-8-6-9-14-22)23-15-10-7-11-16-23/h5-17,20,27,29,32H,1,18-19H2,2-4H3,(H2,36,37)(H,38,42)/b17-12+,39-26+/t27?,32-/m1/s1. The monoisotopic (exact) mass is 701 g/mol. The summed E-state index contributed by atoms with van der Waals surface area (Å²) in [6.45, 7) is 8.94. The fourth-order valence-corrected chi connectivity index (χ4v) is 6.86. The fraction of sp³-hybridized carbons (Fsp3) is 0.257. The first-order valence-corrected chi connectivity index (χ1v) is 17.1. The second-order valence-electron chi connectivity index (χ2n) is 11.8. The van der Waals surface area contributed by atoms with Gasteiger partial charge in [0.15, 0.2) is 16.9 Å². The van der Waals surface area contributed by atoms with Gasteiger partial charge >= 0.3 is 11.9 Å². The van der Waals surface area contributed by atoms with Crippen LogP contribution in [0.4, 0.5) is 5.13 Å². The number of oxime groups is 1. The Morgan fingerprint density at radius 2 is 1.78 bits per heavy atom. The molecule has 0 radical (unpaired) electrons. The molecule has 2 aliphatic heterocycles. The number of esters is 2. The minimum Gasteiger partial charge on any atom is -0.457 e. The number of nitrogens with two attached hydrogens (primary N) is 1. The Labute approximate surface area is 291 Å². The lowest BCUT2D eigenvalue weighted by atomic mass is 10.0. The molecular formula is C35H35N5O7S2. The van der Waals surface area contributed by atoms with Crippen molar-refractivity contribution < 1.29 is 33.5 Å². The van der Waals surface area contributed by atoms with Crippen LogP contribution in [0.15, 0.2) is 107 Å². The van der Waals surface area contributed by atoms with Gasteiger partial charge in [-0.2, -0.15) is 0 Å². The molecule has 2 amide bonds. The molecule has 3 heterocycles. The number of nitrogens with zero attached hydrogens (tertiary/aromatic N) is 3. The van der Waals surface area contributed by atoms with Crippen molar-refractivity contribution in [1.29, 1.82) is 0 Å². The number of carbonyl (C=O) groups excluding carboxylic acids is 4. The number of aromatic nitrogens is 1. The lowest BCUT2D eigenvalue weighted by Gasteiger charge is -2.49. The van der Waals surface area contributed by atoms with Crippen LogP contribution in [0.1, 0.15) is 43.7 Å². The highest BCUT2D eigenvalue weighted by Gasteiger charge is 2.54. The van der Waals surface area contributed by atoms with E-state index in [-0.39, 0.29) is 28.8 Å². The average Bonchev–Trinajstić information content (AvgIpc) is 3.52. The van der Waals surface area contributed by atoms with E-state index in [9.17, 15) is 19.2 Å². The maximum absolute atomic E-state index is 13.9. The Kier molecular flexibility index (Phi) is 11.0. The molecule has 5 rings (SSSR count). The van der Waals surface area contributed by atoms with Crippen LogP contribution in [-0.2, 0) is 33.5 Å².